The zero-order valence-corrected chi connectivity index (χ0v) is 11.8. The number of benzene rings is 1. The first kappa shape index (κ1) is 15.0. The zero-order valence-electron chi connectivity index (χ0n) is 11.0. The highest BCUT2D eigenvalue weighted by molar-refractivity contribution is 5.85. The second kappa shape index (κ2) is 6.76. The van der Waals surface area contributed by atoms with E-state index in [4.69, 9.17) is 0 Å². The van der Waals surface area contributed by atoms with E-state index in [9.17, 15) is 4.79 Å². The highest BCUT2D eigenvalue weighted by Crippen LogP contribution is 2.11. The van der Waals surface area contributed by atoms with Gasteiger partial charge in [0.2, 0.25) is 5.91 Å². The summed E-state index contributed by atoms with van der Waals surface area (Å²) < 4.78 is 0. The summed E-state index contributed by atoms with van der Waals surface area (Å²) in [5, 5.41) is 6.20. The molecule has 1 saturated heterocycles. The number of rotatable bonds is 3. The van der Waals surface area contributed by atoms with Crippen molar-refractivity contribution in [3.05, 3.63) is 34.9 Å². The average molecular weight is 269 g/mol. The fourth-order valence-electron chi connectivity index (χ4n) is 2.26. The van der Waals surface area contributed by atoms with E-state index >= 15 is 0 Å². The molecule has 100 valence electrons. The number of amides is 1. The Hall–Kier alpha value is -1.06. The molecule has 0 aromatic heterocycles. The van der Waals surface area contributed by atoms with Crippen molar-refractivity contribution in [1.82, 2.24) is 10.6 Å². The van der Waals surface area contributed by atoms with Gasteiger partial charge in [0, 0.05) is 6.54 Å². The predicted molar refractivity (Wildman–Crippen MR) is 76.0 cm³/mol. The van der Waals surface area contributed by atoms with E-state index in [1.807, 2.05) is 0 Å². The Morgan fingerprint density at radius 1 is 1.44 bits per heavy atom. The Balaban J connectivity index is 0.00000162. The third-order valence-corrected chi connectivity index (χ3v) is 3.33. The summed E-state index contributed by atoms with van der Waals surface area (Å²) in [5.74, 6) is 0.127. The molecule has 0 spiro atoms. The van der Waals surface area contributed by atoms with Crippen molar-refractivity contribution >= 4 is 18.3 Å². The van der Waals surface area contributed by atoms with Crippen LogP contribution in [0, 0.1) is 13.8 Å². The predicted octanol–water partition coefficient (Wildman–Crippen LogP) is 2.09. The van der Waals surface area contributed by atoms with Crippen LogP contribution in [0.15, 0.2) is 18.2 Å². The summed E-state index contributed by atoms with van der Waals surface area (Å²) in [6.07, 6.45) is 2.06. The Morgan fingerprint density at radius 3 is 2.83 bits per heavy atom. The molecule has 1 aromatic carbocycles. The number of halogens is 1. The lowest BCUT2D eigenvalue weighted by Crippen LogP contribution is -2.40. The quantitative estimate of drug-likeness (QED) is 0.881. The van der Waals surface area contributed by atoms with Gasteiger partial charge >= 0.3 is 0 Å². The Kier molecular flexibility index (Phi) is 5.63. The number of hydrogen-bond donors (Lipinski definition) is 2. The lowest BCUT2D eigenvalue weighted by Gasteiger charge is -2.12. The molecule has 1 unspecified atom stereocenters. The molecule has 1 aromatic rings. The van der Waals surface area contributed by atoms with E-state index in [0.29, 0.717) is 6.54 Å². The molecule has 4 heteroatoms. The number of nitrogens with one attached hydrogen (secondary N) is 2. The van der Waals surface area contributed by atoms with Gasteiger partial charge in [0.15, 0.2) is 0 Å². The first-order chi connectivity index (χ1) is 8.16. The lowest BCUT2D eigenvalue weighted by atomic mass is 10.1. The molecule has 0 aliphatic carbocycles. The average Bonchev–Trinajstić information content (AvgIpc) is 2.81. The number of aryl methyl sites for hydroxylation is 2. The van der Waals surface area contributed by atoms with Crippen LogP contribution in [0.25, 0.3) is 0 Å². The number of hydrogen-bond acceptors (Lipinski definition) is 2. The highest BCUT2D eigenvalue weighted by Gasteiger charge is 2.21. The second-order valence-electron chi connectivity index (χ2n) is 4.80. The van der Waals surface area contributed by atoms with Crippen molar-refractivity contribution in [2.24, 2.45) is 0 Å². The fourth-order valence-corrected chi connectivity index (χ4v) is 2.26. The van der Waals surface area contributed by atoms with Gasteiger partial charge in [0.25, 0.3) is 0 Å². The molecular weight excluding hydrogens is 248 g/mol. The van der Waals surface area contributed by atoms with Gasteiger partial charge in [-0.15, -0.1) is 12.4 Å². The van der Waals surface area contributed by atoms with Gasteiger partial charge in [-0.05, 0) is 44.4 Å². The minimum atomic E-state index is 0. The zero-order chi connectivity index (χ0) is 12.3. The van der Waals surface area contributed by atoms with Crippen LogP contribution in [0.3, 0.4) is 0 Å². The summed E-state index contributed by atoms with van der Waals surface area (Å²) >= 11 is 0. The Labute approximate surface area is 115 Å². The van der Waals surface area contributed by atoms with Crippen LogP contribution < -0.4 is 10.6 Å². The molecule has 1 atom stereocenters. The summed E-state index contributed by atoms with van der Waals surface area (Å²) in [4.78, 5) is 11.8. The van der Waals surface area contributed by atoms with Crippen LogP contribution in [0.4, 0.5) is 0 Å². The van der Waals surface area contributed by atoms with Gasteiger partial charge in [-0.1, -0.05) is 23.8 Å². The van der Waals surface area contributed by atoms with Crippen molar-refractivity contribution in [2.45, 2.75) is 39.3 Å². The van der Waals surface area contributed by atoms with Gasteiger partial charge in [0.05, 0.1) is 6.04 Å². The van der Waals surface area contributed by atoms with Crippen LogP contribution in [0.2, 0.25) is 0 Å². The molecule has 1 fully saturated rings. The van der Waals surface area contributed by atoms with Crippen LogP contribution in [0.1, 0.15) is 29.5 Å². The third kappa shape index (κ3) is 3.72. The molecule has 0 saturated carbocycles. The standard InChI is InChI=1S/C14H20N2O.ClH/c1-10-5-6-12(11(2)8-10)9-16-14(17)13-4-3-7-15-13;/h5-6,8,13,15H,3-4,7,9H2,1-2H3,(H,16,17);1H. The van der Waals surface area contributed by atoms with Crippen molar-refractivity contribution in [1.29, 1.82) is 0 Å². The molecule has 3 nitrogen and oxygen atoms in total. The van der Waals surface area contributed by atoms with E-state index in [1.54, 1.807) is 0 Å². The van der Waals surface area contributed by atoms with E-state index in [-0.39, 0.29) is 24.4 Å². The molecule has 1 aliphatic rings. The van der Waals surface area contributed by atoms with E-state index < -0.39 is 0 Å². The summed E-state index contributed by atoms with van der Waals surface area (Å²) in [6, 6.07) is 6.34. The lowest BCUT2D eigenvalue weighted by molar-refractivity contribution is -0.122. The minimum absolute atomic E-state index is 0. The molecule has 1 aliphatic heterocycles. The van der Waals surface area contributed by atoms with E-state index in [0.717, 1.165) is 19.4 Å². The summed E-state index contributed by atoms with van der Waals surface area (Å²) in [7, 11) is 0. The molecular formula is C14H21ClN2O. The maximum atomic E-state index is 11.8. The minimum Gasteiger partial charge on any atom is -0.351 e. The smallest absolute Gasteiger partial charge is 0.237 e. The highest BCUT2D eigenvalue weighted by atomic mass is 35.5. The van der Waals surface area contributed by atoms with Gasteiger partial charge in [-0.3, -0.25) is 4.79 Å². The first-order valence-corrected chi connectivity index (χ1v) is 6.24. The number of carbonyl (C=O) groups is 1. The molecule has 2 N–H and O–H groups in total. The Bertz CT molecular complexity index is 414. The largest absolute Gasteiger partial charge is 0.351 e. The monoisotopic (exact) mass is 268 g/mol. The van der Waals surface area contributed by atoms with Crippen molar-refractivity contribution in [3.63, 3.8) is 0 Å². The third-order valence-electron chi connectivity index (χ3n) is 3.33. The van der Waals surface area contributed by atoms with Crippen LogP contribution in [-0.2, 0) is 11.3 Å². The molecule has 1 amide bonds. The van der Waals surface area contributed by atoms with Crippen molar-refractivity contribution in [2.75, 3.05) is 6.54 Å². The number of carbonyl (C=O) groups excluding carboxylic acids is 1. The van der Waals surface area contributed by atoms with Crippen LogP contribution in [0.5, 0.6) is 0 Å². The van der Waals surface area contributed by atoms with Crippen LogP contribution in [-0.4, -0.2) is 18.5 Å². The van der Waals surface area contributed by atoms with Gasteiger partial charge in [0.1, 0.15) is 0 Å². The van der Waals surface area contributed by atoms with Gasteiger partial charge in [-0.2, -0.15) is 0 Å². The molecule has 2 rings (SSSR count). The van der Waals surface area contributed by atoms with E-state index in [1.165, 1.54) is 16.7 Å². The topological polar surface area (TPSA) is 41.1 Å². The molecule has 0 bridgehead atoms. The van der Waals surface area contributed by atoms with Crippen molar-refractivity contribution in [3.8, 4) is 0 Å². The molecule has 1 heterocycles. The maximum Gasteiger partial charge on any atom is 0.237 e. The van der Waals surface area contributed by atoms with Crippen LogP contribution >= 0.6 is 12.4 Å². The maximum absolute atomic E-state index is 11.8. The SMILES string of the molecule is Cc1ccc(CNC(=O)C2CCCN2)c(C)c1.Cl. The summed E-state index contributed by atoms with van der Waals surface area (Å²) in [5.41, 5.74) is 3.70. The molecule has 18 heavy (non-hydrogen) atoms. The Morgan fingerprint density at radius 2 is 2.22 bits per heavy atom. The molecule has 0 radical (unpaired) electrons. The second-order valence-corrected chi connectivity index (χ2v) is 4.80. The first-order valence-electron chi connectivity index (χ1n) is 6.24. The van der Waals surface area contributed by atoms with E-state index in [2.05, 4.69) is 42.7 Å². The normalized spacial score (nSPS) is 18.2. The van der Waals surface area contributed by atoms with Gasteiger partial charge in [-0.25, -0.2) is 0 Å². The van der Waals surface area contributed by atoms with Gasteiger partial charge < -0.3 is 10.6 Å². The summed E-state index contributed by atoms with van der Waals surface area (Å²) in [6.45, 7) is 5.75. The van der Waals surface area contributed by atoms with Crippen molar-refractivity contribution < 1.29 is 4.79 Å². The fraction of sp³-hybridized carbons (Fsp3) is 0.500.